The SMILES string of the molecule is Oc1ccccc1-c1c(-c2ccc(F)cc2)c2cc(F)ccc2c2oc3ccccc3c12. The summed E-state index contributed by atoms with van der Waals surface area (Å²) in [5.74, 6) is -0.652. The van der Waals surface area contributed by atoms with Crippen molar-refractivity contribution in [2.45, 2.75) is 0 Å². The Morgan fingerprint density at radius 2 is 1.34 bits per heavy atom. The number of benzene rings is 5. The zero-order valence-electron chi connectivity index (χ0n) is 16.8. The minimum Gasteiger partial charge on any atom is -0.507 e. The van der Waals surface area contributed by atoms with Gasteiger partial charge in [-0.1, -0.05) is 48.5 Å². The van der Waals surface area contributed by atoms with E-state index in [0.717, 1.165) is 16.2 Å². The van der Waals surface area contributed by atoms with E-state index in [2.05, 4.69) is 0 Å². The van der Waals surface area contributed by atoms with E-state index in [4.69, 9.17) is 4.42 Å². The molecule has 0 fully saturated rings. The zero-order chi connectivity index (χ0) is 21.8. The molecule has 0 saturated heterocycles. The number of halogens is 2. The van der Waals surface area contributed by atoms with Crippen LogP contribution in [-0.2, 0) is 0 Å². The molecule has 6 rings (SSSR count). The Labute approximate surface area is 182 Å². The van der Waals surface area contributed by atoms with Gasteiger partial charge in [0, 0.05) is 27.3 Å². The van der Waals surface area contributed by atoms with Crippen LogP contribution in [0.4, 0.5) is 8.78 Å². The molecule has 5 aromatic carbocycles. The first-order valence-corrected chi connectivity index (χ1v) is 10.2. The molecule has 154 valence electrons. The van der Waals surface area contributed by atoms with Crippen molar-refractivity contribution in [2.75, 3.05) is 0 Å². The van der Waals surface area contributed by atoms with Crippen molar-refractivity contribution >= 4 is 32.7 Å². The maximum absolute atomic E-state index is 14.5. The molecule has 0 amide bonds. The lowest BCUT2D eigenvalue weighted by atomic mass is 9.86. The Hall–Kier alpha value is -4.18. The average Bonchev–Trinajstić information content (AvgIpc) is 3.19. The van der Waals surface area contributed by atoms with Crippen LogP contribution in [0.5, 0.6) is 5.75 Å². The van der Waals surface area contributed by atoms with Gasteiger partial charge in [0.05, 0.1) is 0 Å². The van der Waals surface area contributed by atoms with Crippen LogP contribution in [0, 0.1) is 11.6 Å². The number of phenolic OH excluding ortho intramolecular Hbond substituents is 1. The first-order chi connectivity index (χ1) is 15.6. The topological polar surface area (TPSA) is 33.4 Å². The van der Waals surface area contributed by atoms with E-state index < -0.39 is 0 Å². The third-order valence-corrected chi connectivity index (χ3v) is 5.90. The van der Waals surface area contributed by atoms with E-state index in [1.807, 2.05) is 36.4 Å². The molecule has 0 spiro atoms. The fourth-order valence-electron chi connectivity index (χ4n) is 4.54. The summed E-state index contributed by atoms with van der Waals surface area (Å²) in [4.78, 5) is 0. The molecular weight excluding hydrogens is 406 g/mol. The van der Waals surface area contributed by atoms with Crippen LogP contribution in [0.3, 0.4) is 0 Å². The highest BCUT2D eigenvalue weighted by atomic mass is 19.1. The number of phenols is 1. The number of aromatic hydroxyl groups is 1. The van der Waals surface area contributed by atoms with Crippen LogP contribution < -0.4 is 0 Å². The summed E-state index contributed by atoms with van der Waals surface area (Å²) in [6.07, 6.45) is 0. The van der Waals surface area contributed by atoms with Crippen molar-refractivity contribution in [3.05, 3.63) is 103 Å². The Balaban J connectivity index is 1.94. The summed E-state index contributed by atoms with van der Waals surface area (Å²) in [5.41, 5.74) is 4.04. The highest BCUT2D eigenvalue weighted by Crippen LogP contribution is 2.49. The summed E-state index contributed by atoms with van der Waals surface area (Å²) in [6.45, 7) is 0. The lowest BCUT2D eigenvalue weighted by Gasteiger charge is -2.17. The first kappa shape index (κ1) is 18.6. The molecule has 1 heterocycles. The van der Waals surface area contributed by atoms with Gasteiger partial charge in [-0.15, -0.1) is 0 Å². The molecule has 0 saturated carbocycles. The van der Waals surface area contributed by atoms with Gasteiger partial charge in [0.15, 0.2) is 0 Å². The van der Waals surface area contributed by atoms with Crippen LogP contribution >= 0.6 is 0 Å². The second-order valence-corrected chi connectivity index (χ2v) is 7.77. The molecule has 0 aliphatic heterocycles. The standard InChI is InChI=1S/C28H16F2O2/c29-17-11-9-16(10-12-17)25-22-15-18(30)13-14-19(22)28-27(21-6-2-4-8-24(21)32-28)26(25)20-5-1-3-7-23(20)31/h1-15,31H. The van der Waals surface area contributed by atoms with Crippen LogP contribution in [0.25, 0.3) is 55.0 Å². The fourth-order valence-corrected chi connectivity index (χ4v) is 4.54. The molecule has 1 aromatic heterocycles. The molecule has 0 bridgehead atoms. The maximum atomic E-state index is 14.5. The Morgan fingerprint density at radius 1 is 0.625 bits per heavy atom. The molecular formula is C28H16F2O2. The van der Waals surface area contributed by atoms with Gasteiger partial charge < -0.3 is 9.52 Å². The number of para-hydroxylation sites is 2. The summed E-state index contributed by atoms with van der Waals surface area (Å²) in [5, 5.41) is 13.9. The predicted octanol–water partition coefficient (Wildman–Crippen LogP) is 8.06. The molecule has 0 aliphatic carbocycles. The van der Waals surface area contributed by atoms with Gasteiger partial charge in [-0.2, -0.15) is 0 Å². The average molecular weight is 422 g/mol. The first-order valence-electron chi connectivity index (χ1n) is 10.2. The monoisotopic (exact) mass is 422 g/mol. The maximum Gasteiger partial charge on any atom is 0.143 e. The third kappa shape index (κ3) is 2.70. The molecule has 0 atom stereocenters. The van der Waals surface area contributed by atoms with Gasteiger partial charge in [-0.25, -0.2) is 8.78 Å². The van der Waals surface area contributed by atoms with E-state index in [0.29, 0.717) is 38.8 Å². The number of rotatable bonds is 2. The van der Waals surface area contributed by atoms with E-state index in [1.54, 1.807) is 30.3 Å². The number of furan rings is 1. The van der Waals surface area contributed by atoms with Crippen molar-refractivity contribution in [1.29, 1.82) is 0 Å². The van der Waals surface area contributed by atoms with Gasteiger partial charge in [0.2, 0.25) is 0 Å². The van der Waals surface area contributed by atoms with Gasteiger partial charge in [-0.3, -0.25) is 0 Å². The van der Waals surface area contributed by atoms with E-state index in [-0.39, 0.29) is 17.4 Å². The Kier molecular flexibility index (Phi) is 4.02. The summed E-state index contributed by atoms with van der Waals surface area (Å²) >= 11 is 0. The van der Waals surface area contributed by atoms with Crippen LogP contribution in [0.15, 0.2) is 95.4 Å². The van der Waals surface area contributed by atoms with Gasteiger partial charge in [0.1, 0.15) is 28.5 Å². The zero-order valence-corrected chi connectivity index (χ0v) is 16.8. The van der Waals surface area contributed by atoms with Gasteiger partial charge >= 0.3 is 0 Å². The number of hydrogen-bond acceptors (Lipinski definition) is 2. The van der Waals surface area contributed by atoms with Crippen molar-refractivity contribution in [1.82, 2.24) is 0 Å². The molecule has 1 N–H and O–H groups in total. The minimum absolute atomic E-state index is 0.0956. The lowest BCUT2D eigenvalue weighted by Crippen LogP contribution is -1.92. The molecule has 32 heavy (non-hydrogen) atoms. The fraction of sp³-hybridized carbons (Fsp3) is 0. The van der Waals surface area contributed by atoms with Crippen LogP contribution in [-0.4, -0.2) is 5.11 Å². The highest BCUT2D eigenvalue weighted by molar-refractivity contribution is 6.27. The second kappa shape index (κ2) is 6.92. The lowest BCUT2D eigenvalue weighted by molar-refractivity contribution is 0.477. The van der Waals surface area contributed by atoms with E-state index in [9.17, 15) is 13.9 Å². The molecule has 0 unspecified atom stereocenters. The van der Waals surface area contributed by atoms with Gasteiger partial charge in [0.25, 0.3) is 0 Å². The molecule has 4 heteroatoms. The molecule has 0 radical (unpaired) electrons. The smallest absolute Gasteiger partial charge is 0.143 e. The Morgan fingerprint density at radius 3 is 2.16 bits per heavy atom. The Bertz CT molecular complexity index is 1650. The van der Waals surface area contributed by atoms with Crippen LogP contribution in [0.1, 0.15) is 0 Å². The third-order valence-electron chi connectivity index (χ3n) is 5.90. The van der Waals surface area contributed by atoms with Crippen LogP contribution in [0.2, 0.25) is 0 Å². The van der Waals surface area contributed by atoms with Crippen molar-refractivity contribution in [2.24, 2.45) is 0 Å². The minimum atomic E-state index is -0.389. The quantitative estimate of drug-likeness (QED) is 0.306. The number of hydrogen-bond donors (Lipinski definition) is 1. The summed E-state index contributed by atoms with van der Waals surface area (Å²) in [6, 6.07) is 25.4. The highest BCUT2D eigenvalue weighted by Gasteiger charge is 2.24. The summed E-state index contributed by atoms with van der Waals surface area (Å²) < 4.78 is 34.5. The second-order valence-electron chi connectivity index (χ2n) is 7.77. The van der Waals surface area contributed by atoms with Crippen molar-refractivity contribution < 1.29 is 18.3 Å². The number of fused-ring (bicyclic) bond motifs is 5. The van der Waals surface area contributed by atoms with Crippen molar-refractivity contribution in [3.63, 3.8) is 0 Å². The van der Waals surface area contributed by atoms with Gasteiger partial charge in [-0.05, 0) is 59.0 Å². The molecule has 6 aromatic rings. The van der Waals surface area contributed by atoms with Crippen molar-refractivity contribution in [3.8, 4) is 28.0 Å². The van der Waals surface area contributed by atoms with E-state index >= 15 is 0 Å². The largest absolute Gasteiger partial charge is 0.507 e. The molecule has 0 aliphatic rings. The predicted molar refractivity (Wildman–Crippen MR) is 124 cm³/mol. The normalized spacial score (nSPS) is 11.6. The molecule has 2 nitrogen and oxygen atoms in total. The summed E-state index contributed by atoms with van der Waals surface area (Å²) in [7, 11) is 0. The van der Waals surface area contributed by atoms with E-state index in [1.165, 1.54) is 24.3 Å².